The highest BCUT2D eigenvalue weighted by atomic mass is 16.5. The molecule has 7 nitrogen and oxygen atoms in total. The van der Waals surface area contributed by atoms with Crippen LogP contribution in [0.15, 0.2) is 24.5 Å². The third-order valence-electron chi connectivity index (χ3n) is 4.68. The number of ether oxygens (including phenoxy) is 1. The third kappa shape index (κ3) is 3.43. The number of rotatable bonds is 4. The highest BCUT2D eigenvalue weighted by Gasteiger charge is 2.22. The average molecular weight is 340 g/mol. The number of hydrogen-bond acceptors (Lipinski definition) is 5. The molecule has 0 aromatic carbocycles. The summed E-state index contributed by atoms with van der Waals surface area (Å²) >= 11 is 0. The minimum Gasteiger partial charge on any atom is -0.374 e. The first-order valence-corrected chi connectivity index (χ1v) is 8.74. The second-order valence-corrected chi connectivity index (χ2v) is 6.77. The summed E-state index contributed by atoms with van der Waals surface area (Å²) in [5, 5.41) is 4.44. The average Bonchev–Trinajstić information content (AvgIpc) is 3.11. The number of pyridine rings is 1. The van der Waals surface area contributed by atoms with Gasteiger partial charge in [0.25, 0.3) is 0 Å². The summed E-state index contributed by atoms with van der Waals surface area (Å²) in [6.45, 7) is 10.1. The normalized spacial score (nSPS) is 18.9. The van der Waals surface area contributed by atoms with E-state index in [1.54, 1.807) is 0 Å². The molecule has 0 radical (unpaired) electrons. The van der Waals surface area contributed by atoms with Gasteiger partial charge in [0.2, 0.25) is 0 Å². The van der Waals surface area contributed by atoms with Gasteiger partial charge < -0.3 is 9.14 Å². The molecule has 1 atom stereocenters. The Hall–Kier alpha value is -2.25. The first-order chi connectivity index (χ1) is 12.1. The van der Waals surface area contributed by atoms with E-state index in [2.05, 4.69) is 50.8 Å². The van der Waals surface area contributed by atoms with Crippen LogP contribution in [0.2, 0.25) is 0 Å². The summed E-state index contributed by atoms with van der Waals surface area (Å²) in [6.07, 6.45) is 4.31. The highest BCUT2D eigenvalue weighted by Crippen LogP contribution is 2.14. The van der Waals surface area contributed by atoms with Crippen LogP contribution in [0.25, 0.3) is 5.65 Å². The zero-order valence-electron chi connectivity index (χ0n) is 15.0. The fourth-order valence-electron chi connectivity index (χ4n) is 3.47. The number of aromatic nitrogens is 5. The molecule has 1 saturated heterocycles. The van der Waals surface area contributed by atoms with Gasteiger partial charge in [-0.15, -0.1) is 0 Å². The molecule has 1 aliphatic rings. The van der Waals surface area contributed by atoms with Crippen molar-refractivity contribution in [3.63, 3.8) is 0 Å². The van der Waals surface area contributed by atoms with Gasteiger partial charge in [-0.05, 0) is 32.4 Å². The van der Waals surface area contributed by atoms with Crippen molar-refractivity contribution in [3.05, 3.63) is 47.4 Å². The highest BCUT2D eigenvalue weighted by molar-refractivity contribution is 5.47. The molecule has 3 aromatic heterocycles. The minimum atomic E-state index is 0.132. The van der Waals surface area contributed by atoms with Crippen LogP contribution in [0, 0.1) is 20.8 Å². The quantitative estimate of drug-likeness (QED) is 0.724. The van der Waals surface area contributed by atoms with Crippen LogP contribution in [0.3, 0.4) is 0 Å². The smallest absolute Gasteiger partial charge is 0.147 e. The van der Waals surface area contributed by atoms with Gasteiger partial charge in [-0.1, -0.05) is 6.07 Å². The molecule has 1 fully saturated rings. The summed E-state index contributed by atoms with van der Waals surface area (Å²) in [7, 11) is 0. The van der Waals surface area contributed by atoms with Gasteiger partial charge >= 0.3 is 0 Å². The van der Waals surface area contributed by atoms with E-state index in [0.717, 1.165) is 55.8 Å². The number of nitrogens with zero attached hydrogens (tertiary/aromatic N) is 6. The van der Waals surface area contributed by atoms with Crippen LogP contribution < -0.4 is 0 Å². The Morgan fingerprint density at radius 2 is 2.12 bits per heavy atom. The molecule has 0 spiro atoms. The van der Waals surface area contributed by atoms with E-state index >= 15 is 0 Å². The molecule has 132 valence electrons. The Balaban J connectivity index is 1.43. The fraction of sp³-hybridized carbons (Fsp3) is 0.500. The van der Waals surface area contributed by atoms with Gasteiger partial charge in [-0.3, -0.25) is 4.90 Å². The molecule has 0 N–H and O–H groups in total. The summed E-state index contributed by atoms with van der Waals surface area (Å²) in [4.78, 5) is 11.6. The molecular formula is C18H24N6O. The number of hydrogen-bond donors (Lipinski definition) is 0. The van der Waals surface area contributed by atoms with Crippen molar-refractivity contribution in [2.24, 2.45) is 0 Å². The Morgan fingerprint density at radius 1 is 1.24 bits per heavy atom. The number of fused-ring (bicyclic) bond motifs is 1. The zero-order chi connectivity index (χ0) is 17.4. The molecule has 0 saturated carbocycles. The second-order valence-electron chi connectivity index (χ2n) is 6.77. The summed E-state index contributed by atoms with van der Waals surface area (Å²) in [6, 6.07) is 4.15. The Kier molecular flexibility index (Phi) is 4.27. The lowest BCUT2D eigenvalue weighted by atomic mass is 10.2. The Bertz CT molecular complexity index is 883. The van der Waals surface area contributed by atoms with Crippen molar-refractivity contribution in [3.8, 4) is 0 Å². The molecule has 25 heavy (non-hydrogen) atoms. The Labute approximate surface area is 147 Å². The number of aryl methyl sites for hydroxylation is 3. The molecule has 0 aliphatic carbocycles. The predicted octanol–water partition coefficient (Wildman–Crippen LogP) is 1.75. The molecule has 1 aliphatic heterocycles. The lowest BCUT2D eigenvalue weighted by molar-refractivity contribution is -0.0408. The summed E-state index contributed by atoms with van der Waals surface area (Å²) in [5.41, 5.74) is 3.34. The van der Waals surface area contributed by atoms with E-state index in [0.29, 0.717) is 0 Å². The minimum absolute atomic E-state index is 0.132. The van der Waals surface area contributed by atoms with E-state index in [-0.39, 0.29) is 6.10 Å². The van der Waals surface area contributed by atoms with Gasteiger partial charge in [0, 0.05) is 32.0 Å². The molecule has 0 amide bonds. The van der Waals surface area contributed by atoms with Crippen molar-refractivity contribution >= 4 is 5.65 Å². The lowest BCUT2D eigenvalue weighted by Crippen LogP contribution is -2.44. The molecule has 4 heterocycles. The first-order valence-electron chi connectivity index (χ1n) is 8.74. The SMILES string of the molecule is Cc1nc(C)n(C[C@@H]2CN(Cc3cn4cccc(C)c4n3)CCO2)n1. The second kappa shape index (κ2) is 6.57. The van der Waals surface area contributed by atoms with Gasteiger partial charge in [0.1, 0.15) is 17.3 Å². The van der Waals surface area contributed by atoms with Crippen LogP contribution >= 0.6 is 0 Å². The molecule has 3 aromatic rings. The molecule has 4 rings (SSSR count). The zero-order valence-corrected chi connectivity index (χ0v) is 15.0. The monoisotopic (exact) mass is 340 g/mol. The van der Waals surface area contributed by atoms with E-state index < -0.39 is 0 Å². The van der Waals surface area contributed by atoms with E-state index in [1.807, 2.05) is 18.5 Å². The van der Waals surface area contributed by atoms with Crippen molar-refractivity contribution in [2.75, 3.05) is 19.7 Å². The van der Waals surface area contributed by atoms with Gasteiger partial charge in [0.05, 0.1) is 24.9 Å². The number of imidazole rings is 1. The maximum atomic E-state index is 5.94. The molecule has 0 unspecified atom stereocenters. The molecule has 7 heteroatoms. The van der Waals surface area contributed by atoms with Crippen molar-refractivity contribution in [1.29, 1.82) is 0 Å². The summed E-state index contributed by atoms with van der Waals surface area (Å²) < 4.78 is 9.98. The van der Waals surface area contributed by atoms with E-state index in [1.165, 1.54) is 5.56 Å². The maximum absolute atomic E-state index is 5.94. The summed E-state index contributed by atoms with van der Waals surface area (Å²) in [5.74, 6) is 1.75. The van der Waals surface area contributed by atoms with Gasteiger partial charge in [-0.25, -0.2) is 14.6 Å². The fourth-order valence-corrected chi connectivity index (χ4v) is 3.47. The largest absolute Gasteiger partial charge is 0.374 e. The van der Waals surface area contributed by atoms with Crippen molar-refractivity contribution in [1.82, 2.24) is 29.0 Å². The lowest BCUT2D eigenvalue weighted by Gasteiger charge is -2.32. The van der Waals surface area contributed by atoms with E-state index in [9.17, 15) is 0 Å². The van der Waals surface area contributed by atoms with Crippen LogP contribution in [0.5, 0.6) is 0 Å². The van der Waals surface area contributed by atoms with Gasteiger partial charge in [0.15, 0.2) is 0 Å². The predicted molar refractivity (Wildman–Crippen MR) is 94.4 cm³/mol. The van der Waals surface area contributed by atoms with Crippen LogP contribution in [-0.4, -0.2) is 54.8 Å². The maximum Gasteiger partial charge on any atom is 0.147 e. The van der Waals surface area contributed by atoms with Crippen molar-refractivity contribution in [2.45, 2.75) is 40.0 Å². The Morgan fingerprint density at radius 3 is 2.88 bits per heavy atom. The standard InChI is InChI=1S/C18H24N6O/c1-13-5-4-6-23-10-16(20-18(13)23)9-22-7-8-25-17(11-22)12-24-15(3)19-14(2)21-24/h4-6,10,17H,7-9,11-12H2,1-3H3/t17-/m0/s1. The third-order valence-corrected chi connectivity index (χ3v) is 4.68. The number of morpholine rings is 1. The van der Waals surface area contributed by atoms with Gasteiger partial charge in [-0.2, -0.15) is 5.10 Å². The first kappa shape index (κ1) is 16.2. The van der Waals surface area contributed by atoms with Crippen molar-refractivity contribution < 1.29 is 4.74 Å². The molecule has 0 bridgehead atoms. The topological polar surface area (TPSA) is 60.5 Å². The molecular weight excluding hydrogens is 316 g/mol. The van der Waals surface area contributed by atoms with Crippen LogP contribution in [0.1, 0.15) is 22.9 Å². The van der Waals surface area contributed by atoms with E-state index in [4.69, 9.17) is 9.72 Å². The van der Waals surface area contributed by atoms with Crippen LogP contribution in [0.4, 0.5) is 0 Å². The van der Waals surface area contributed by atoms with Crippen LogP contribution in [-0.2, 0) is 17.8 Å².